The third-order valence-electron chi connectivity index (χ3n) is 2.63. The second-order valence-corrected chi connectivity index (χ2v) is 4.02. The minimum absolute atomic E-state index is 0.176. The highest BCUT2D eigenvalue weighted by Crippen LogP contribution is 2.16. The lowest BCUT2D eigenvalue weighted by Gasteiger charge is -2.08. The van der Waals surface area contributed by atoms with Gasteiger partial charge in [0.05, 0.1) is 19.9 Å². The van der Waals surface area contributed by atoms with E-state index in [1.54, 1.807) is 0 Å². The summed E-state index contributed by atoms with van der Waals surface area (Å²) in [7, 11) is 1.39. The molecule has 5 nitrogen and oxygen atoms in total. The Balaban J connectivity index is 2.24. The molecule has 0 spiro atoms. The Morgan fingerprint density at radius 2 is 2.11 bits per heavy atom. The maximum atomic E-state index is 10.9. The van der Waals surface area contributed by atoms with Crippen molar-refractivity contribution in [1.82, 2.24) is 0 Å². The number of nitrogens with zero attached hydrogens (tertiary/aromatic N) is 1. The normalized spacial score (nSPS) is 10.6. The van der Waals surface area contributed by atoms with Crippen molar-refractivity contribution >= 4 is 12.2 Å². The predicted octanol–water partition coefficient (Wildman–Crippen LogP) is 2.61. The van der Waals surface area contributed by atoms with Gasteiger partial charge >= 0.3 is 5.97 Å². The molecule has 0 amide bonds. The zero-order chi connectivity index (χ0) is 13.9. The molecule has 1 N–H and O–H groups in total. The van der Waals surface area contributed by atoms with Crippen molar-refractivity contribution in [3.8, 4) is 5.75 Å². The average molecular weight is 265 g/mol. The van der Waals surface area contributed by atoms with Crippen LogP contribution in [0.2, 0.25) is 0 Å². The molecule has 0 bridgehead atoms. The number of para-hydroxylation sites is 1. The third-order valence-corrected chi connectivity index (χ3v) is 2.63. The van der Waals surface area contributed by atoms with Crippen LogP contribution in [0, 0.1) is 0 Å². The topological polar surface area (TPSA) is 68.1 Å². The maximum Gasteiger partial charge on any atom is 0.305 e. The molecular formula is C14H19NO4. The lowest BCUT2D eigenvalue weighted by molar-refractivity contribution is -0.140. The van der Waals surface area contributed by atoms with E-state index in [1.165, 1.54) is 13.3 Å². The van der Waals surface area contributed by atoms with E-state index >= 15 is 0 Å². The molecule has 0 aliphatic heterocycles. The fourth-order valence-corrected chi connectivity index (χ4v) is 1.61. The summed E-state index contributed by atoms with van der Waals surface area (Å²) in [5, 5.41) is 11.5. The van der Waals surface area contributed by atoms with Gasteiger partial charge in [0.2, 0.25) is 0 Å². The summed E-state index contributed by atoms with van der Waals surface area (Å²) >= 11 is 0. The monoisotopic (exact) mass is 265 g/mol. The summed E-state index contributed by atoms with van der Waals surface area (Å²) in [6, 6.07) is 7.35. The Morgan fingerprint density at radius 1 is 1.32 bits per heavy atom. The van der Waals surface area contributed by atoms with E-state index < -0.39 is 0 Å². The SMILES string of the molecule is COC(=O)CCCCCOc1ccccc1C=NO. The van der Waals surface area contributed by atoms with Gasteiger partial charge in [-0.2, -0.15) is 0 Å². The van der Waals surface area contributed by atoms with Crippen LogP contribution in [0.5, 0.6) is 5.75 Å². The minimum Gasteiger partial charge on any atom is -0.493 e. The summed E-state index contributed by atoms with van der Waals surface area (Å²) in [5.41, 5.74) is 0.736. The van der Waals surface area contributed by atoms with Crippen LogP contribution in [0.25, 0.3) is 0 Å². The maximum absolute atomic E-state index is 10.9. The van der Waals surface area contributed by atoms with Crippen LogP contribution in [0.3, 0.4) is 0 Å². The minimum atomic E-state index is -0.176. The molecule has 0 saturated heterocycles. The Labute approximate surface area is 112 Å². The fourth-order valence-electron chi connectivity index (χ4n) is 1.61. The molecule has 0 aliphatic rings. The van der Waals surface area contributed by atoms with Crippen LogP contribution >= 0.6 is 0 Å². The van der Waals surface area contributed by atoms with Gasteiger partial charge in [-0.3, -0.25) is 4.79 Å². The number of esters is 1. The molecule has 0 radical (unpaired) electrons. The van der Waals surface area contributed by atoms with Crippen LogP contribution in [-0.2, 0) is 9.53 Å². The summed E-state index contributed by atoms with van der Waals surface area (Å²) in [5.74, 6) is 0.513. The Hall–Kier alpha value is -2.04. The summed E-state index contributed by atoms with van der Waals surface area (Å²) in [4.78, 5) is 10.9. The molecule has 1 rings (SSSR count). The van der Waals surface area contributed by atoms with Crippen molar-refractivity contribution < 1.29 is 19.5 Å². The van der Waals surface area contributed by atoms with Gasteiger partial charge in [0.1, 0.15) is 5.75 Å². The number of hydrogen-bond donors (Lipinski definition) is 1. The fraction of sp³-hybridized carbons (Fsp3) is 0.429. The third kappa shape index (κ3) is 5.90. The molecule has 0 fully saturated rings. The van der Waals surface area contributed by atoms with E-state index in [0.717, 1.165) is 24.8 Å². The molecule has 0 aliphatic carbocycles. The zero-order valence-electron chi connectivity index (χ0n) is 11.0. The number of ether oxygens (including phenoxy) is 2. The average Bonchev–Trinajstić information content (AvgIpc) is 2.44. The van der Waals surface area contributed by atoms with Crippen LogP contribution in [0.15, 0.2) is 29.4 Å². The molecule has 0 unspecified atom stereocenters. The zero-order valence-corrected chi connectivity index (χ0v) is 11.0. The summed E-state index contributed by atoms with van der Waals surface area (Å²) in [6.07, 6.45) is 4.36. The number of rotatable bonds is 8. The van der Waals surface area contributed by atoms with Crippen molar-refractivity contribution in [2.75, 3.05) is 13.7 Å². The summed E-state index contributed by atoms with van der Waals surface area (Å²) < 4.78 is 10.2. The van der Waals surface area contributed by atoms with E-state index in [2.05, 4.69) is 9.89 Å². The van der Waals surface area contributed by atoms with E-state index in [-0.39, 0.29) is 5.97 Å². The molecule has 19 heavy (non-hydrogen) atoms. The number of carbonyl (C=O) groups excluding carboxylic acids is 1. The Morgan fingerprint density at radius 3 is 2.84 bits per heavy atom. The molecule has 1 aromatic carbocycles. The van der Waals surface area contributed by atoms with Crippen molar-refractivity contribution in [2.45, 2.75) is 25.7 Å². The van der Waals surface area contributed by atoms with Crippen LogP contribution < -0.4 is 4.74 Å². The molecule has 0 atom stereocenters. The first-order chi connectivity index (χ1) is 9.27. The second-order valence-electron chi connectivity index (χ2n) is 4.02. The lowest BCUT2D eigenvalue weighted by atomic mass is 10.2. The molecule has 0 aromatic heterocycles. The van der Waals surface area contributed by atoms with Gasteiger partial charge in [-0.05, 0) is 31.4 Å². The number of methoxy groups -OCH3 is 1. The number of oxime groups is 1. The van der Waals surface area contributed by atoms with Gasteiger partial charge in [0.25, 0.3) is 0 Å². The van der Waals surface area contributed by atoms with Gasteiger partial charge in [-0.1, -0.05) is 17.3 Å². The molecule has 5 heteroatoms. The van der Waals surface area contributed by atoms with Crippen molar-refractivity contribution in [2.24, 2.45) is 5.16 Å². The van der Waals surface area contributed by atoms with Crippen molar-refractivity contribution in [3.63, 3.8) is 0 Å². The number of carbonyl (C=O) groups is 1. The first-order valence-electron chi connectivity index (χ1n) is 6.24. The van der Waals surface area contributed by atoms with E-state index in [9.17, 15) is 4.79 Å². The largest absolute Gasteiger partial charge is 0.493 e. The number of unbranched alkanes of at least 4 members (excludes halogenated alkanes) is 2. The van der Waals surface area contributed by atoms with Gasteiger partial charge < -0.3 is 14.7 Å². The van der Waals surface area contributed by atoms with Crippen LogP contribution in [0.1, 0.15) is 31.2 Å². The van der Waals surface area contributed by atoms with Gasteiger partial charge in [0, 0.05) is 12.0 Å². The van der Waals surface area contributed by atoms with E-state index in [1.807, 2.05) is 24.3 Å². The quantitative estimate of drug-likeness (QED) is 0.258. The smallest absolute Gasteiger partial charge is 0.305 e. The van der Waals surface area contributed by atoms with Crippen molar-refractivity contribution in [3.05, 3.63) is 29.8 Å². The molecule has 1 aromatic rings. The first kappa shape index (κ1) is 15.0. The van der Waals surface area contributed by atoms with Gasteiger partial charge in [0.15, 0.2) is 0 Å². The highest BCUT2D eigenvalue weighted by molar-refractivity contribution is 5.82. The van der Waals surface area contributed by atoms with Crippen molar-refractivity contribution in [1.29, 1.82) is 0 Å². The molecule has 0 heterocycles. The standard InChI is InChI=1S/C14H19NO4/c1-18-14(16)9-3-2-6-10-19-13-8-5-4-7-12(13)11-15-17/h4-5,7-8,11,17H,2-3,6,9-10H2,1H3. The van der Waals surface area contributed by atoms with Gasteiger partial charge in [-0.25, -0.2) is 0 Å². The van der Waals surface area contributed by atoms with Crippen LogP contribution in [0.4, 0.5) is 0 Å². The Kier molecular flexibility index (Phi) is 7.09. The lowest BCUT2D eigenvalue weighted by Crippen LogP contribution is -2.02. The highest BCUT2D eigenvalue weighted by atomic mass is 16.5. The number of benzene rings is 1. The number of hydrogen-bond acceptors (Lipinski definition) is 5. The van der Waals surface area contributed by atoms with E-state index in [0.29, 0.717) is 18.8 Å². The van der Waals surface area contributed by atoms with E-state index in [4.69, 9.17) is 9.94 Å². The molecular weight excluding hydrogens is 246 g/mol. The summed E-state index contributed by atoms with van der Waals surface area (Å²) in [6.45, 7) is 0.567. The van der Waals surface area contributed by atoms with Gasteiger partial charge in [-0.15, -0.1) is 0 Å². The predicted molar refractivity (Wildman–Crippen MR) is 71.8 cm³/mol. The first-order valence-corrected chi connectivity index (χ1v) is 6.24. The molecule has 104 valence electrons. The molecule has 0 saturated carbocycles. The highest BCUT2D eigenvalue weighted by Gasteiger charge is 2.02. The Bertz CT molecular complexity index is 418. The van der Waals surface area contributed by atoms with Crippen LogP contribution in [-0.4, -0.2) is 31.1 Å². The second kappa shape index (κ2) is 8.97.